The van der Waals surface area contributed by atoms with Crippen LogP contribution in [0, 0.1) is 6.54 Å². The normalized spacial score (nSPS) is 8.71. The second kappa shape index (κ2) is 10.9. The number of hydrogen-bond donors (Lipinski definition) is 1. The third-order valence-electron chi connectivity index (χ3n) is 1.60. The quantitative estimate of drug-likeness (QED) is 0.406. The third kappa shape index (κ3) is 9.87. The van der Waals surface area contributed by atoms with Crippen molar-refractivity contribution in [2.45, 2.75) is 39.4 Å². The molecule has 5 heteroatoms. The third-order valence-corrected chi connectivity index (χ3v) is 1.60. The zero-order valence-corrected chi connectivity index (χ0v) is 10.1. The molecule has 78 valence electrons. The van der Waals surface area contributed by atoms with Crippen LogP contribution in [0.15, 0.2) is 0 Å². The molecule has 0 aliphatic heterocycles. The summed E-state index contributed by atoms with van der Waals surface area (Å²) < 4.78 is 0. The fraction of sp³-hybridized carbons (Fsp3) is 0.667. The van der Waals surface area contributed by atoms with Gasteiger partial charge in [-0.2, -0.15) is 6.42 Å². The van der Waals surface area contributed by atoms with Crippen LogP contribution in [-0.4, -0.2) is 18.9 Å². The molecule has 0 rings (SSSR count). The number of carbonyl (C=O) groups is 2. The molecule has 0 saturated heterocycles. The molecule has 0 spiro atoms. The largest absolute Gasteiger partial charge is 0.506 e. The minimum absolute atomic E-state index is 0. The van der Waals surface area contributed by atoms with Gasteiger partial charge in [0.1, 0.15) is 0 Å². The Hall–Kier alpha value is -0.211. The molecule has 0 aromatic rings. The SMILES string of the molecule is C[B]C(=O)CC[CH-]NC(=O)CCC.[V]. The van der Waals surface area contributed by atoms with E-state index in [1.807, 2.05) is 6.92 Å². The number of amides is 1. The van der Waals surface area contributed by atoms with E-state index in [2.05, 4.69) is 5.32 Å². The van der Waals surface area contributed by atoms with Crippen LogP contribution in [0.25, 0.3) is 0 Å². The molecule has 0 aliphatic carbocycles. The standard InChI is InChI=1S/C9H16BNO2.V/c1-3-5-9(13)11-7-4-6-8(12)10-2;/h7H,3-6H2,1-2H3,(H,11,13);/q-1;. The van der Waals surface area contributed by atoms with E-state index in [0.29, 0.717) is 19.3 Å². The minimum Gasteiger partial charge on any atom is -0.506 e. The van der Waals surface area contributed by atoms with E-state index >= 15 is 0 Å². The fourth-order valence-electron chi connectivity index (χ4n) is 0.844. The molecule has 1 amide bonds. The Morgan fingerprint density at radius 3 is 2.50 bits per heavy atom. The van der Waals surface area contributed by atoms with Crippen molar-refractivity contribution < 1.29 is 28.1 Å². The molecule has 0 bridgehead atoms. The van der Waals surface area contributed by atoms with Crippen molar-refractivity contribution in [2.24, 2.45) is 0 Å². The number of rotatable bonds is 7. The summed E-state index contributed by atoms with van der Waals surface area (Å²) in [5.41, 5.74) is 0.112. The first-order chi connectivity index (χ1) is 6.20. The predicted molar refractivity (Wildman–Crippen MR) is 53.2 cm³/mol. The molecular formula is C9H16BNO2V-. The summed E-state index contributed by atoms with van der Waals surface area (Å²) in [4.78, 5) is 21.7. The van der Waals surface area contributed by atoms with Crippen molar-refractivity contribution in [3.63, 3.8) is 0 Å². The van der Waals surface area contributed by atoms with Crippen LogP contribution in [0.5, 0.6) is 0 Å². The van der Waals surface area contributed by atoms with E-state index in [1.165, 1.54) is 0 Å². The average molecular weight is 232 g/mol. The maximum Gasteiger partial charge on any atom is 0.198 e. The molecule has 0 aliphatic rings. The molecule has 0 atom stereocenters. The fourth-order valence-corrected chi connectivity index (χ4v) is 0.844. The van der Waals surface area contributed by atoms with Gasteiger partial charge in [0.25, 0.3) is 0 Å². The summed E-state index contributed by atoms with van der Waals surface area (Å²) in [5.74, 6) is 0.0235. The Morgan fingerprint density at radius 1 is 1.36 bits per heavy atom. The number of nitrogens with one attached hydrogen (secondary N) is 1. The van der Waals surface area contributed by atoms with Gasteiger partial charge < -0.3 is 10.1 Å². The first-order valence-corrected chi connectivity index (χ1v) is 4.64. The van der Waals surface area contributed by atoms with Crippen molar-refractivity contribution in [3.05, 3.63) is 6.54 Å². The summed E-state index contributed by atoms with van der Waals surface area (Å²) >= 11 is 0. The smallest absolute Gasteiger partial charge is 0.198 e. The van der Waals surface area contributed by atoms with Gasteiger partial charge in [0.2, 0.25) is 0 Å². The number of hydrogen-bond acceptors (Lipinski definition) is 2. The zero-order valence-electron chi connectivity index (χ0n) is 8.75. The van der Waals surface area contributed by atoms with Gasteiger partial charge in [-0.3, -0.25) is 4.79 Å². The molecule has 0 heterocycles. The molecular weight excluding hydrogens is 216 g/mol. The molecule has 0 aromatic carbocycles. The van der Waals surface area contributed by atoms with Crippen LogP contribution in [0.2, 0.25) is 6.82 Å². The Balaban J connectivity index is 0. The van der Waals surface area contributed by atoms with Gasteiger partial charge in [-0.1, -0.05) is 13.7 Å². The van der Waals surface area contributed by atoms with Crippen molar-refractivity contribution in [3.8, 4) is 0 Å². The Labute approximate surface area is 98.5 Å². The van der Waals surface area contributed by atoms with Crippen LogP contribution in [0.4, 0.5) is 0 Å². The molecule has 0 unspecified atom stereocenters. The second-order valence-electron chi connectivity index (χ2n) is 2.82. The van der Waals surface area contributed by atoms with Crippen molar-refractivity contribution >= 4 is 18.9 Å². The van der Waals surface area contributed by atoms with Crippen LogP contribution in [-0.2, 0) is 28.1 Å². The monoisotopic (exact) mass is 232 g/mol. The Bertz CT molecular complexity index is 176. The van der Waals surface area contributed by atoms with Gasteiger partial charge in [0.05, 0.1) is 5.68 Å². The molecule has 0 saturated carbocycles. The van der Waals surface area contributed by atoms with Gasteiger partial charge in [-0.05, 0) is 12.8 Å². The summed E-state index contributed by atoms with van der Waals surface area (Å²) in [7, 11) is 1.54. The van der Waals surface area contributed by atoms with Crippen LogP contribution in [0.3, 0.4) is 0 Å². The van der Waals surface area contributed by atoms with E-state index in [4.69, 9.17) is 0 Å². The van der Waals surface area contributed by atoms with Crippen LogP contribution >= 0.6 is 0 Å². The predicted octanol–water partition coefficient (Wildman–Crippen LogP) is 1.12. The molecule has 0 aromatic heterocycles. The van der Waals surface area contributed by atoms with Gasteiger partial charge in [-0.25, -0.2) is 6.54 Å². The van der Waals surface area contributed by atoms with E-state index in [-0.39, 0.29) is 30.1 Å². The Morgan fingerprint density at radius 2 is 2.00 bits per heavy atom. The summed E-state index contributed by atoms with van der Waals surface area (Å²) in [6, 6.07) is 0. The average Bonchev–Trinajstić information content (AvgIpc) is 2.12. The van der Waals surface area contributed by atoms with Crippen LogP contribution in [0.1, 0.15) is 32.6 Å². The maximum atomic E-state index is 10.9. The molecule has 3 nitrogen and oxygen atoms in total. The van der Waals surface area contributed by atoms with E-state index in [0.717, 1.165) is 6.42 Å². The van der Waals surface area contributed by atoms with E-state index in [1.54, 1.807) is 20.6 Å². The van der Waals surface area contributed by atoms with Gasteiger partial charge in [-0.15, -0.1) is 0 Å². The topological polar surface area (TPSA) is 46.2 Å². The zero-order chi connectivity index (χ0) is 10.1. The first kappa shape index (κ1) is 16.2. The van der Waals surface area contributed by atoms with Gasteiger partial charge >= 0.3 is 0 Å². The van der Waals surface area contributed by atoms with E-state index < -0.39 is 0 Å². The van der Waals surface area contributed by atoms with Crippen molar-refractivity contribution in [1.82, 2.24) is 5.32 Å². The van der Waals surface area contributed by atoms with Gasteiger partial charge in [0, 0.05) is 25.0 Å². The molecule has 1 N–H and O–H groups in total. The van der Waals surface area contributed by atoms with E-state index in [9.17, 15) is 9.59 Å². The van der Waals surface area contributed by atoms with Crippen molar-refractivity contribution in [1.29, 1.82) is 0 Å². The molecule has 0 fully saturated rings. The Kier molecular flexibility index (Phi) is 12.6. The van der Waals surface area contributed by atoms with Gasteiger partial charge in [0.15, 0.2) is 13.2 Å². The number of carbonyl (C=O) groups excluding carboxylic acids is 2. The molecule has 14 heavy (non-hydrogen) atoms. The summed E-state index contributed by atoms with van der Waals surface area (Å²) in [6.45, 7) is 5.33. The van der Waals surface area contributed by atoms with Crippen LogP contribution < -0.4 is 5.32 Å². The first-order valence-electron chi connectivity index (χ1n) is 4.64. The molecule has 2 radical (unpaired) electrons. The summed E-state index contributed by atoms with van der Waals surface area (Å²) in [6.07, 6.45) is 2.48. The summed E-state index contributed by atoms with van der Waals surface area (Å²) in [5, 5.41) is 2.63. The minimum atomic E-state index is 0. The second-order valence-corrected chi connectivity index (χ2v) is 2.82. The maximum absolute atomic E-state index is 10.9. The van der Waals surface area contributed by atoms with Crippen molar-refractivity contribution in [2.75, 3.05) is 0 Å².